The normalized spacial score (nSPS) is 10.3. The number of aromatic nitrogens is 2. The third kappa shape index (κ3) is 2.63. The van der Waals surface area contributed by atoms with Crippen molar-refractivity contribution in [1.29, 1.82) is 0 Å². The Bertz CT molecular complexity index is 585. The van der Waals surface area contributed by atoms with Crippen LogP contribution < -0.4 is 16.6 Å². The van der Waals surface area contributed by atoms with Gasteiger partial charge in [-0.15, -0.1) is 0 Å². The molecule has 0 aliphatic carbocycles. The van der Waals surface area contributed by atoms with E-state index in [1.54, 1.807) is 19.1 Å². The van der Waals surface area contributed by atoms with Gasteiger partial charge in [0.15, 0.2) is 0 Å². The predicted octanol–water partition coefficient (Wildman–Crippen LogP) is 2.52. The third-order valence-corrected chi connectivity index (χ3v) is 2.96. The Morgan fingerprint density at radius 2 is 2.00 bits per heavy atom. The van der Waals surface area contributed by atoms with Gasteiger partial charge in [0, 0.05) is 16.8 Å². The van der Waals surface area contributed by atoms with E-state index in [4.69, 9.17) is 5.84 Å². The number of hydrazine groups is 1. The Morgan fingerprint density at radius 1 is 1.26 bits per heavy atom. The second-order valence-corrected chi connectivity index (χ2v) is 4.08. The average Bonchev–Trinajstić information content (AvgIpc) is 2.43. The molecule has 0 fully saturated rings. The zero-order valence-electron chi connectivity index (χ0n) is 10.9. The van der Waals surface area contributed by atoms with Gasteiger partial charge in [0.05, 0.1) is 0 Å². The zero-order chi connectivity index (χ0) is 13.8. The van der Waals surface area contributed by atoms with Crippen molar-refractivity contribution < 1.29 is 4.39 Å². The first kappa shape index (κ1) is 13.2. The van der Waals surface area contributed by atoms with Gasteiger partial charge in [-0.3, -0.25) is 0 Å². The van der Waals surface area contributed by atoms with Crippen LogP contribution in [-0.2, 0) is 6.42 Å². The summed E-state index contributed by atoms with van der Waals surface area (Å²) >= 11 is 0. The van der Waals surface area contributed by atoms with E-state index in [1.807, 2.05) is 6.92 Å². The molecule has 0 unspecified atom stereocenters. The molecular weight excluding hydrogens is 245 g/mol. The highest BCUT2D eigenvalue weighted by Crippen LogP contribution is 2.26. The highest BCUT2D eigenvalue weighted by Gasteiger charge is 2.11. The first-order chi connectivity index (χ1) is 9.17. The molecule has 4 N–H and O–H groups in total. The lowest BCUT2D eigenvalue weighted by molar-refractivity contribution is 0.619. The van der Waals surface area contributed by atoms with Crippen LogP contribution in [0.1, 0.15) is 18.1 Å². The minimum atomic E-state index is -0.255. The van der Waals surface area contributed by atoms with Crippen molar-refractivity contribution in [2.24, 2.45) is 5.84 Å². The fraction of sp³-hybridized carbons (Fsp3) is 0.231. The van der Waals surface area contributed by atoms with E-state index in [0.29, 0.717) is 29.3 Å². The molecule has 0 aliphatic heterocycles. The SMILES string of the molecule is CCc1c(NN)ncnc1Nc1cccc(F)c1C. The molecule has 0 spiro atoms. The van der Waals surface area contributed by atoms with Crippen LogP contribution in [0.4, 0.5) is 21.7 Å². The van der Waals surface area contributed by atoms with E-state index in [0.717, 1.165) is 5.56 Å². The van der Waals surface area contributed by atoms with Gasteiger partial charge < -0.3 is 10.7 Å². The average molecular weight is 261 g/mol. The summed E-state index contributed by atoms with van der Waals surface area (Å²) in [5, 5.41) is 3.12. The lowest BCUT2D eigenvalue weighted by atomic mass is 10.1. The number of hydrogen-bond acceptors (Lipinski definition) is 5. The predicted molar refractivity (Wildman–Crippen MR) is 73.6 cm³/mol. The van der Waals surface area contributed by atoms with Crippen LogP contribution in [0, 0.1) is 12.7 Å². The highest BCUT2D eigenvalue weighted by atomic mass is 19.1. The summed E-state index contributed by atoms with van der Waals surface area (Å²) in [5.74, 6) is 6.35. The molecule has 6 heteroatoms. The van der Waals surface area contributed by atoms with E-state index < -0.39 is 0 Å². The molecule has 0 saturated carbocycles. The topological polar surface area (TPSA) is 75.9 Å². The molecule has 1 aromatic heterocycles. The van der Waals surface area contributed by atoms with E-state index in [9.17, 15) is 4.39 Å². The number of rotatable bonds is 4. The van der Waals surface area contributed by atoms with Crippen LogP contribution >= 0.6 is 0 Å². The Balaban J connectivity index is 2.41. The summed E-state index contributed by atoms with van der Waals surface area (Å²) in [7, 11) is 0. The molecule has 2 rings (SSSR count). The summed E-state index contributed by atoms with van der Waals surface area (Å²) < 4.78 is 13.5. The van der Waals surface area contributed by atoms with Crippen LogP contribution in [0.15, 0.2) is 24.5 Å². The molecule has 0 saturated heterocycles. The lowest BCUT2D eigenvalue weighted by Crippen LogP contribution is -2.13. The molecule has 5 nitrogen and oxygen atoms in total. The van der Waals surface area contributed by atoms with E-state index in [2.05, 4.69) is 20.7 Å². The number of halogens is 1. The molecule has 100 valence electrons. The fourth-order valence-corrected chi connectivity index (χ4v) is 1.85. The summed E-state index contributed by atoms with van der Waals surface area (Å²) in [5.41, 5.74) is 4.61. The van der Waals surface area contributed by atoms with Gasteiger partial charge in [-0.05, 0) is 25.5 Å². The van der Waals surface area contributed by atoms with Gasteiger partial charge in [0.2, 0.25) is 0 Å². The lowest BCUT2D eigenvalue weighted by Gasteiger charge is -2.14. The smallest absolute Gasteiger partial charge is 0.148 e. The monoisotopic (exact) mass is 261 g/mol. The second kappa shape index (κ2) is 5.62. The third-order valence-electron chi connectivity index (χ3n) is 2.96. The van der Waals surface area contributed by atoms with E-state index in [-0.39, 0.29) is 5.82 Å². The van der Waals surface area contributed by atoms with Crippen molar-refractivity contribution in [3.8, 4) is 0 Å². The number of benzene rings is 1. The molecule has 1 aromatic carbocycles. The van der Waals surface area contributed by atoms with Gasteiger partial charge in [-0.1, -0.05) is 13.0 Å². The van der Waals surface area contributed by atoms with Crippen molar-refractivity contribution >= 4 is 17.3 Å². The number of nitrogens with one attached hydrogen (secondary N) is 2. The Kier molecular flexibility index (Phi) is 3.91. The van der Waals surface area contributed by atoms with Crippen LogP contribution in [0.25, 0.3) is 0 Å². The maximum absolute atomic E-state index is 13.5. The van der Waals surface area contributed by atoms with Crippen molar-refractivity contribution in [3.63, 3.8) is 0 Å². The van der Waals surface area contributed by atoms with Crippen LogP contribution in [0.2, 0.25) is 0 Å². The van der Waals surface area contributed by atoms with Crippen molar-refractivity contribution in [1.82, 2.24) is 9.97 Å². The maximum Gasteiger partial charge on any atom is 0.148 e. The van der Waals surface area contributed by atoms with Gasteiger partial charge in [-0.2, -0.15) is 0 Å². The van der Waals surface area contributed by atoms with Gasteiger partial charge in [-0.25, -0.2) is 20.2 Å². The molecule has 19 heavy (non-hydrogen) atoms. The standard InChI is InChI=1S/C13H16FN5/c1-3-9-12(16-7-17-13(9)19-15)18-11-6-4-5-10(14)8(11)2/h4-7H,3,15H2,1-2H3,(H2,16,17,18,19). The number of nitrogens with zero attached hydrogens (tertiary/aromatic N) is 2. The largest absolute Gasteiger partial charge is 0.340 e. The summed E-state index contributed by atoms with van der Waals surface area (Å²) in [4.78, 5) is 8.23. The van der Waals surface area contributed by atoms with Crippen molar-refractivity contribution in [2.75, 3.05) is 10.7 Å². The van der Waals surface area contributed by atoms with Crippen LogP contribution in [0.5, 0.6) is 0 Å². The molecule has 0 radical (unpaired) electrons. The number of anilines is 3. The number of nitrogens with two attached hydrogens (primary N) is 1. The molecule has 0 aliphatic rings. The van der Waals surface area contributed by atoms with Crippen LogP contribution in [0.3, 0.4) is 0 Å². The highest BCUT2D eigenvalue weighted by molar-refractivity contribution is 5.66. The zero-order valence-corrected chi connectivity index (χ0v) is 10.9. The van der Waals surface area contributed by atoms with Crippen molar-refractivity contribution in [2.45, 2.75) is 20.3 Å². The molecule has 2 aromatic rings. The van der Waals surface area contributed by atoms with Crippen molar-refractivity contribution in [3.05, 3.63) is 41.5 Å². The first-order valence-corrected chi connectivity index (χ1v) is 6.00. The van der Waals surface area contributed by atoms with E-state index in [1.165, 1.54) is 12.4 Å². The Morgan fingerprint density at radius 3 is 2.68 bits per heavy atom. The first-order valence-electron chi connectivity index (χ1n) is 6.00. The number of hydrogen-bond donors (Lipinski definition) is 3. The minimum absolute atomic E-state index is 0.255. The molecule has 1 heterocycles. The maximum atomic E-state index is 13.5. The second-order valence-electron chi connectivity index (χ2n) is 4.08. The van der Waals surface area contributed by atoms with Crippen LogP contribution in [-0.4, -0.2) is 9.97 Å². The van der Waals surface area contributed by atoms with Gasteiger partial charge >= 0.3 is 0 Å². The molecular formula is C13H16FN5. The van der Waals surface area contributed by atoms with E-state index >= 15 is 0 Å². The van der Waals surface area contributed by atoms with Gasteiger partial charge in [0.25, 0.3) is 0 Å². The number of nitrogen functional groups attached to an aromatic ring is 1. The summed E-state index contributed by atoms with van der Waals surface area (Å²) in [6.45, 7) is 3.69. The Hall–Kier alpha value is -2.21. The Labute approximate surface area is 111 Å². The summed E-state index contributed by atoms with van der Waals surface area (Å²) in [6.07, 6.45) is 2.11. The molecule has 0 amide bonds. The molecule has 0 bridgehead atoms. The summed E-state index contributed by atoms with van der Waals surface area (Å²) in [6, 6.07) is 4.88. The van der Waals surface area contributed by atoms with Gasteiger partial charge in [0.1, 0.15) is 23.8 Å². The molecule has 0 atom stereocenters. The minimum Gasteiger partial charge on any atom is -0.340 e. The fourth-order valence-electron chi connectivity index (χ4n) is 1.85. The quantitative estimate of drug-likeness (QED) is 0.582.